The Morgan fingerprint density at radius 2 is 1.72 bits per heavy atom. The van der Waals surface area contributed by atoms with E-state index in [4.69, 9.17) is 0 Å². The van der Waals surface area contributed by atoms with Crippen LogP contribution in [0.4, 0.5) is 5.69 Å². The van der Waals surface area contributed by atoms with Crippen LogP contribution in [0, 0.1) is 17.0 Å². The third-order valence-electron chi connectivity index (χ3n) is 5.04. The summed E-state index contributed by atoms with van der Waals surface area (Å²) in [4.78, 5) is 37.4. The summed E-state index contributed by atoms with van der Waals surface area (Å²) in [5.41, 5.74) is 1.90. The van der Waals surface area contributed by atoms with Gasteiger partial charge < -0.3 is 10.0 Å². The molecule has 1 atom stereocenters. The molecule has 0 radical (unpaired) electrons. The van der Waals surface area contributed by atoms with Crippen molar-refractivity contribution < 1.29 is 19.6 Å². The monoisotopic (exact) mass is 394 g/mol. The number of aliphatic hydroxyl groups is 1. The lowest BCUT2D eigenvalue weighted by molar-refractivity contribution is -0.384. The molecule has 7 heteroatoms. The highest BCUT2D eigenvalue weighted by atomic mass is 16.6. The van der Waals surface area contributed by atoms with Crippen LogP contribution in [-0.2, 0) is 9.59 Å². The molecule has 1 fully saturated rings. The smallest absolute Gasteiger partial charge is 0.295 e. The van der Waals surface area contributed by atoms with Crippen molar-refractivity contribution >= 4 is 23.1 Å². The van der Waals surface area contributed by atoms with Crippen LogP contribution in [0.1, 0.15) is 42.5 Å². The SMILES string of the molecule is CCCCN1C(=O)C(=O)C(=C(O)c2ccc(C)cc2)[C@@H]1c1ccc([N+](=O)[O-])cc1. The van der Waals surface area contributed by atoms with Crippen LogP contribution in [0.15, 0.2) is 54.1 Å². The minimum Gasteiger partial charge on any atom is -0.507 e. The predicted octanol–water partition coefficient (Wildman–Crippen LogP) is 4.13. The summed E-state index contributed by atoms with van der Waals surface area (Å²) in [6, 6.07) is 11.9. The number of carbonyl (C=O) groups excluding carboxylic acids is 2. The number of benzene rings is 2. The Bertz CT molecular complexity index is 977. The van der Waals surface area contributed by atoms with Crippen LogP contribution in [-0.4, -0.2) is 33.2 Å². The molecule has 1 heterocycles. The fourth-order valence-corrected chi connectivity index (χ4v) is 3.43. The van der Waals surface area contributed by atoms with Crippen LogP contribution in [0.25, 0.3) is 5.76 Å². The molecule has 0 spiro atoms. The average Bonchev–Trinajstić information content (AvgIpc) is 2.97. The lowest BCUT2D eigenvalue weighted by Crippen LogP contribution is -2.30. The van der Waals surface area contributed by atoms with Gasteiger partial charge >= 0.3 is 0 Å². The van der Waals surface area contributed by atoms with E-state index >= 15 is 0 Å². The zero-order chi connectivity index (χ0) is 21.1. The molecule has 0 unspecified atom stereocenters. The number of carbonyl (C=O) groups is 2. The van der Waals surface area contributed by atoms with E-state index in [2.05, 4.69) is 0 Å². The van der Waals surface area contributed by atoms with Crippen LogP contribution >= 0.6 is 0 Å². The molecule has 0 aromatic heterocycles. The number of nitrogens with zero attached hydrogens (tertiary/aromatic N) is 2. The normalized spacial score (nSPS) is 18.3. The number of nitro groups is 1. The molecule has 1 aliphatic heterocycles. The van der Waals surface area contributed by atoms with Gasteiger partial charge in [-0.1, -0.05) is 43.2 Å². The summed E-state index contributed by atoms with van der Waals surface area (Å²) >= 11 is 0. The van der Waals surface area contributed by atoms with Gasteiger partial charge in [0.25, 0.3) is 17.4 Å². The number of Topliss-reactive ketones (excluding diaryl/α,β-unsaturated/α-hetero) is 1. The third-order valence-corrected chi connectivity index (χ3v) is 5.04. The largest absolute Gasteiger partial charge is 0.507 e. The predicted molar refractivity (Wildman–Crippen MR) is 108 cm³/mol. The topological polar surface area (TPSA) is 101 Å². The Morgan fingerprint density at radius 3 is 2.28 bits per heavy atom. The second-order valence-corrected chi connectivity index (χ2v) is 7.06. The highest BCUT2D eigenvalue weighted by Crippen LogP contribution is 2.39. The van der Waals surface area contributed by atoms with Gasteiger partial charge in [-0.15, -0.1) is 0 Å². The zero-order valence-corrected chi connectivity index (χ0v) is 16.3. The number of ketones is 1. The molecule has 0 saturated carbocycles. The van der Waals surface area contributed by atoms with Crippen molar-refractivity contribution in [2.24, 2.45) is 0 Å². The molecule has 2 aromatic rings. The molecule has 0 bridgehead atoms. The fourth-order valence-electron chi connectivity index (χ4n) is 3.43. The maximum absolute atomic E-state index is 12.8. The molecule has 0 aliphatic carbocycles. The average molecular weight is 394 g/mol. The molecule has 1 N–H and O–H groups in total. The lowest BCUT2D eigenvalue weighted by atomic mass is 9.95. The zero-order valence-electron chi connectivity index (χ0n) is 16.3. The molecule has 1 aliphatic rings. The van der Waals surface area contributed by atoms with E-state index in [1.807, 2.05) is 26.0 Å². The van der Waals surface area contributed by atoms with Crippen molar-refractivity contribution in [1.82, 2.24) is 4.90 Å². The number of aliphatic hydroxyl groups excluding tert-OH is 1. The van der Waals surface area contributed by atoms with Gasteiger partial charge in [0.1, 0.15) is 5.76 Å². The highest BCUT2D eigenvalue weighted by molar-refractivity contribution is 6.46. The summed E-state index contributed by atoms with van der Waals surface area (Å²) in [6.45, 7) is 4.24. The Kier molecular flexibility index (Phi) is 5.77. The van der Waals surface area contributed by atoms with Gasteiger partial charge in [-0.3, -0.25) is 19.7 Å². The first-order valence-electron chi connectivity index (χ1n) is 9.45. The molecule has 29 heavy (non-hydrogen) atoms. The van der Waals surface area contributed by atoms with E-state index < -0.39 is 22.7 Å². The summed E-state index contributed by atoms with van der Waals surface area (Å²) in [7, 11) is 0. The quantitative estimate of drug-likeness (QED) is 0.261. The van der Waals surface area contributed by atoms with Crippen LogP contribution in [0.2, 0.25) is 0 Å². The number of hydrogen-bond acceptors (Lipinski definition) is 5. The minimum absolute atomic E-state index is 0.00353. The molecule has 1 saturated heterocycles. The van der Waals surface area contributed by atoms with E-state index in [1.165, 1.54) is 29.2 Å². The van der Waals surface area contributed by atoms with Crippen molar-refractivity contribution in [2.75, 3.05) is 6.54 Å². The maximum atomic E-state index is 12.8. The lowest BCUT2D eigenvalue weighted by Gasteiger charge is -2.25. The number of aryl methyl sites for hydroxylation is 1. The highest BCUT2D eigenvalue weighted by Gasteiger charge is 2.45. The summed E-state index contributed by atoms with van der Waals surface area (Å²) in [6.07, 6.45) is 1.52. The number of likely N-dealkylation sites (tertiary alicyclic amines) is 1. The van der Waals surface area contributed by atoms with Crippen molar-refractivity contribution in [2.45, 2.75) is 32.7 Å². The number of amides is 1. The fraction of sp³-hybridized carbons (Fsp3) is 0.273. The molecular weight excluding hydrogens is 372 g/mol. The summed E-state index contributed by atoms with van der Waals surface area (Å²) in [5.74, 6) is -1.66. The van der Waals surface area contributed by atoms with Crippen molar-refractivity contribution in [3.8, 4) is 0 Å². The van der Waals surface area contributed by atoms with Gasteiger partial charge in [0.05, 0.1) is 16.5 Å². The van der Waals surface area contributed by atoms with Gasteiger partial charge in [-0.25, -0.2) is 0 Å². The van der Waals surface area contributed by atoms with Crippen LogP contribution < -0.4 is 0 Å². The minimum atomic E-state index is -0.788. The Labute approximate surface area is 168 Å². The number of unbranched alkanes of at least 4 members (excludes halogenated alkanes) is 1. The van der Waals surface area contributed by atoms with E-state index in [0.29, 0.717) is 24.1 Å². The second-order valence-electron chi connectivity index (χ2n) is 7.06. The number of nitro benzene ring substituents is 1. The van der Waals surface area contributed by atoms with Crippen molar-refractivity contribution in [3.05, 3.63) is 80.9 Å². The number of hydrogen-bond donors (Lipinski definition) is 1. The summed E-state index contributed by atoms with van der Waals surface area (Å²) in [5, 5.41) is 21.9. The number of non-ortho nitro benzene ring substituents is 1. The molecule has 1 amide bonds. The second kappa shape index (κ2) is 8.26. The first-order valence-corrected chi connectivity index (χ1v) is 9.45. The van der Waals surface area contributed by atoms with Crippen LogP contribution in [0.5, 0.6) is 0 Å². The Balaban J connectivity index is 2.14. The van der Waals surface area contributed by atoms with Gasteiger partial charge in [0, 0.05) is 24.2 Å². The molecular formula is C22H22N2O5. The van der Waals surface area contributed by atoms with Gasteiger partial charge in [0.2, 0.25) is 0 Å². The molecule has 7 nitrogen and oxygen atoms in total. The van der Waals surface area contributed by atoms with Gasteiger partial charge in [-0.2, -0.15) is 0 Å². The van der Waals surface area contributed by atoms with Gasteiger partial charge in [-0.05, 0) is 31.0 Å². The first kappa shape index (κ1) is 20.3. The number of rotatable bonds is 6. The van der Waals surface area contributed by atoms with E-state index in [1.54, 1.807) is 12.1 Å². The first-order chi connectivity index (χ1) is 13.8. The molecule has 3 rings (SSSR count). The third kappa shape index (κ3) is 3.89. The summed E-state index contributed by atoms with van der Waals surface area (Å²) < 4.78 is 0. The standard InChI is InChI=1S/C22H22N2O5/c1-3-4-13-23-19(15-9-11-17(12-10-15)24(28)29)18(21(26)22(23)27)20(25)16-7-5-14(2)6-8-16/h5-12,19,25H,3-4,13H2,1-2H3/t19-/m0/s1. The van der Waals surface area contributed by atoms with Crippen molar-refractivity contribution in [3.63, 3.8) is 0 Å². The van der Waals surface area contributed by atoms with E-state index in [-0.39, 0.29) is 17.0 Å². The van der Waals surface area contributed by atoms with Crippen molar-refractivity contribution in [1.29, 1.82) is 0 Å². The van der Waals surface area contributed by atoms with E-state index in [9.17, 15) is 24.8 Å². The van der Waals surface area contributed by atoms with Crippen LogP contribution in [0.3, 0.4) is 0 Å². The van der Waals surface area contributed by atoms with Gasteiger partial charge in [0.15, 0.2) is 0 Å². The molecule has 2 aromatic carbocycles. The Hall–Kier alpha value is -3.48. The molecule has 150 valence electrons. The maximum Gasteiger partial charge on any atom is 0.295 e. The Morgan fingerprint density at radius 1 is 1.10 bits per heavy atom. The van der Waals surface area contributed by atoms with E-state index in [0.717, 1.165) is 12.0 Å².